The minimum Gasteiger partial charge on any atom is -0.405 e. The Morgan fingerprint density at radius 3 is 2.58 bits per heavy atom. The standard InChI is InChI=1S/C42H49F3N12O5/c43-42(44,45)62-34-10-3-2-7-27(34)23-50-41-51-24-28(21-46)37(53-41)49-22-26-11-13-29(14-12-26)47-18-4-1-5-20-56-25-30(54-55-56)17-19-48-32-9-6-8-31-36(32)40(61)57(39(31)60)33-15-16-35(58)52-38(33)59/h2-3,6-10,24-26,29,33,39,47-48,60H,1,4-5,11-20,22-23H2,(H,52,58,59)(H2,49,50,51,53). The van der Waals surface area contributed by atoms with Crippen molar-refractivity contribution < 1.29 is 37.4 Å². The molecule has 0 radical (unpaired) electrons. The number of benzene rings is 2. The molecule has 1 saturated carbocycles. The van der Waals surface area contributed by atoms with Gasteiger partial charge >= 0.3 is 6.36 Å². The number of halogens is 3. The van der Waals surface area contributed by atoms with E-state index in [2.05, 4.69) is 57.7 Å². The van der Waals surface area contributed by atoms with Crippen LogP contribution in [0.1, 0.15) is 96.8 Å². The summed E-state index contributed by atoms with van der Waals surface area (Å²) in [7, 11) is 0. The predicted molar refractivity (Wildman–Crippen MR) is 219 cm³/mol. The lowest BCUT2D eigenvalue weighted by molar-refractivity contribution is -0.274. The number of amides is 3. The third-order valence-electron chi connectivity index (χ3n) is 11.4. The topological polar surface area (TPSA) is 224 Å². The number of aromatic nitrogens is 5. The summed E-state index contributed by atoms with van der Waals surface area (Å²) < 4.78 is 44.4. The molecule has 1 aliphatic carbocycles. The Kier molecular flexibility index (Phi) is 14.1. The fourth-order valence-electron chi connectivity index (χ4n) is 8.13. The second kappa shape index (κ2) is 20.0. The largest absolute Gasteiger partial charge is 0.573 e. The first-order valence-electron chi connectivity index (χ1n) is 20.9. The van der Waals surface area contributed by atoms with Crippen molar-refractivity contribution in [1.82, 2.24) is 40.5 Å². The number of rotatable bonds is 19. The Morgan fingerprint density at radius 1 is 0.968 bits per heavy atom. The van der Waals surface area contributed by atoms with Crippen molar-refractivity contribution in [1.29, 1.82) is 5.26 Å². The molecule has 62 heavy (non-hydrogen) atoms. The smallest absolute Gasteiger partial charge is 0.405 e. The molecular formula is C42H49F3N12O5. The number of imide groups is 1. The second-order valence-corrected chi connectivity index (χ2v) is 15.7. The van der Waals surface area contributed by atoms with Gasteiger partial charge in [-0.15, -0.1) is 18.3 Å². The van der Waals surface area contributed by atoms with E-state index in [4.69, 9.17) is 0 Å². The number of anilines is 3. The van der Waals surface area contributed by atoms with Crippen LogP contribution in [0.5, 0.6) is 5.75 Å². The van der Waals surface area contributed by atoms with Crippen LogP contribution in [0.2, 0.25) is 0 Å². The van der Waals surface area contributed by atoms with Crippen LogP contribution in [-0.2, 0) is 29.1 Å². The van der Waals surface area contributed by atoms with Gasteiger partial charge in [0.2, 0.25) is 17.8 Å². The molecule has 328 valence electrons. The molecule has 2 atom stereocenters. The molecule has 2 aromatic heterocycles. The van der Waals surface area contributed by atoms with Crippen molar-refractivity contribution in [3.63, 3.8) is 0 Å². The fraction of sp³-hybridized carbons (Fsp3) is 0.476. The van der Waals surface area contributed by atoms with Gasteiger partial charge in [-0.05, 0) is 69.5 Å². The van der Waals surface area contributed by atoms with E-state index in [1.165, 1.54) is 24.4 Å². The molecule has 2 unspecified atom stereocenters. The summed E-state index contributed by atoms with van der Waals surface area (Å²) in [6.45, 7) is 2.76. The molecule has 4 aromatic rings. The SMILES string of the molecule is N#Cc1cnc(NCc2ccccc2OC(F)(F)F)nc1NCC1CCC(NCCCCCn2cc(CCNc3cccc4c3C(=O)N(C3CCC(=O)NC3=O)C4O)nn2)CC1. The Balaban J connectivity index is 0.764. The maximum absolute atomic E-state index is 13.4. The Bertz CT molecular complexity index is 2260. The molecule has 17 nitrogen and oxygen atoms in total. The lowest BCUT2D eigenvalue weighted by Crippen LogP contribution is -2.53. The monoisotopic (exact) mass is 858 g/mol. The van der Waals surface area contributed by atoms with E-state index in [0.717, 1.165) is 68.6 Å². The van der Waals surface area contributed by atoms with E-state index >= 15 is 0 Å². The average molecular weight is 859 g/mol. The zero-order chi connectivity index (χ0) is 43.6. The van der Waals surface area contributed by atoms with Crippen LogP contribution >= 0.6 is 0 Å². The Labute approximate surface area is 355 Å². The minimum absolute atomic E-state index is 0.00659. The highest BCUT2D eigenvalue weighted by atomic mass is 19.4. The van der Waals surface area contributed by atoms with Crippen molar-refractivity contribution in [2.45, 2.75) is 102 Å². The van der Waals surface area contributed by atoms with Gasteiger partial charge in [0.05, 0.1) is 17.5 Å². The molecule has 7 rings (SSSR count). The highest BCUT2D eigenvalue weighted by Gasteiger charge is 2.45. The van der Waals surface area contributed by atoms with Crippen LogP contribution < -0.4 is 31.3 Å². The van der Waals surface area contributed by atoms with Crippen molar-refractivity contribution in [2.75, 3.05) is 35.6 Å². The maximum atomic E-state index is 13.4. The van der Waals surface area contributed by atoms with Gasteiger partial charge in [0, 0.05) is 68.1 Å². The van der Waals surface area contributed by atoms with E-state index in [1.807, 2.05) is 10.9 Å². The molecule has 3 amide bonds. The second-order valence-electron chi connectivity index (χ2n) is 15.7. The zero-order valence-corrected chi connectivity index (χ0v) is 34.0. The first-order valence-corrected chi connectivity index (χ1v) is 20.9. The number of aliphatic hydroxyl groups excluding tert-OH is 1. The number of nitriles is 1. The number of carbonyl (C=O) groups excluding carboxylic acids is 3. The van der Waals surface area contributed by atoms with Gasteiger partial charge in [0.15, 0.2) is 6.23 Å². The lowest BCUT2D eigenvalue weighted by Gasteiger charge is -2.31. The minimum atomic E-state index is -4.81. The maximum Gasteiger partial charge on any atom is 0.573 e. The molecule has 4 heterocycles. The number of nitrogens with one attached hydrogen (secondary N) is 5. The Hall–Kier alpha value is -6.33. The van der Waals surface area contributed by atoms with Gasteiger partial charge < -0.3 is 31.1 Å². The lowest BCUT2D eigenvalue weighted by atomic mass is 9.86. The Morgan fingerprint density at radius 2 is 1.79 bits per heavy atom. The van der Waals surface area contributed by atoms with Crippen LogP contribution in [0.4, 0.5) is 30.6 Å². The third-order valence-corrected chi connectivity index (χ3v) is 11.4. The van der Waals surface area contributed by atoms with Gasteiger partial charge in [0.25, 0.3) is 5.91 Å². The number of para-hydroxylation sites is 1. The zero-order valence-electron chi connectivity index (χ0n) is 34.0. The van der Waals surface area contributed by atoms with Crippen molar-refractivity contribution in [3.05, 3.63) is 82.8 Å². The van der Waals surface area contributed by atoms with Crippen LogP contribution in [0, 0.1) is 17.2 Å². The van der Waals surface area contributed by atoms with Gasteiger partial charge in [-0.1, -0.05) is 42.0 Å². The van der Waals surface area contributed by atoms with E-state index in [0.29, 0.717) is 54.1 Å². The molecule has 6 N–H and O–H groups in total. The highest BCUT2D eigenvalue weighted by Crippen LogP contribution is 2.39. The molecular weight excluding hydrogens is 810 g/mol. The highest BCUT2D eigenvalue weighted by molar-refractivity contribution is 6.08. The first kappa shape index (κ1) is 43.7. The fourth-order valence-corrected chi connectivity index (χ4v) is 8.13. The molecule has 3 aliphatic rings. The van der Waals surface area contributed by atoms with Crippen LogP contribution in [0.15, 0.2) is 54.9 Å². The molecule has 0 bridgehead atoms. The van der Waals surface area contributed by atoms with Gasteiger partial charge in [-0.3, -0.25) is 29.3 Å². The summed E-state index contributed by atoms with van der Waals surface area (Å²) >= 11 is 0. The number of alkyl halides is 3. The van der Waals surface area contributed by atoms with E-state index < -0.39 is 36.4 Å². The van der Waals surface area contributed by atoms with Crippen LogP contribution in [-0.4, -0.2) is 90.8 Å². The number of ether oxygens (including phenoxy) is 1. The predicted octanol–water partition coefficient (Wildman–Crippen LogP) is 4.79. The number of piperidine rings is 1. The number of aryl methyl sites for hydroxylation is 1. The van der Waals surface area contributed by atoms with Gasteiger partial charge in [-0.25, -0.2) is 4.98 Å². The van der Waals surface area contributed by atoms with E-state index in [-0.39, 0.29) is 42.2 Å². The summed E-state index contributed by atoms with van der Waals surface area (Å²) in [6, 6.07) is 12.6. The quantitative estimate of drug-likeness (QED) is 0.0552. The number of hydrogen-bond acceptors (Lipinski definition) is 14. The molecule has 0 spiro atoms. The van der Waals surface area contributed by atoms with E-state index in [9.17, 15) is 37.9 Å². The number of carbonyl (C=O) groups is 3. The summed E-state index contributed by atoms with van der Waals surface area (Å²) in [5.74, 6) is -0.802. The van der Waals surface area contributed by atoms with Crippen molar-refractivity contribution in [2.24, 2.45) is 5.92 Å². The first-order chi connectivity index (χ1) is 30.0. The summed E-state index contributed by atoms with van der Waals surface area (Å²) in [6.07, 6.45) is 5.15. The number of aliphatic hydroxyl groups is 1. The molecule has 2 aromatic carbocycles. The average Bonchev–Trinajstić information content (AvgIpc) is 3.81. The summed E-state index contributed by atoms with van der Waals surface area (Å²) in [4.78, 5) is 47.2. The number of fused-ring (bicyclic) bond motifs is 1. The summed E-state index contributed by atoms with van der Waals surface area (Å²) in [5.41, 5.74) is 2.65. The number of hydrogen-bond donors (Lipinski definition) is 6. The van der Waals surface area contributed by atoms with Crippen molar-refractivity contribution in [3.8, 4) is 11.8 Å². The summed E-state index contributed by atoms with van der Waals surface area (Å²) in [5, 5.41) is 44.6. The number of unbranched alkanes of at least 4 members (excludes halogenated alkanes) is 2. The molecule has 1 saturated heterocycles. The molecule has 2 aliphatic heterocycles. The van der Waals surface area contributed by atoms with Gasteiger partial charge in [0.1, 0.15) is 29.2 Å². The van der Waals surface area contributed by atoms with E-state index in [1.54, 1.807) is 24.3 Å². The third kappa shape index (κ3) is 11.1. The van der Waals surface area contributed by atoms with Crippen LogP contribution in [0.3, 0.4) is 0 Å². The van der Waals surface area contributed by atoms with Crippen molar-refractivity contribution >= 4 is 35.2 Å². The van der Waals surface area contributed by atoms with Crippen LogP contribution in [0.25, 0.3) is 0 Å². The molecule has 20 heteroatoms. The number of nitrogens with zero attached hydrogens (tertiary/aromatic N) is 7. The van der Waals surface area contributed by atoms with Gasteiger partial charge in [-0.2, -0.15) is 10.2 Å². The normalized spacial score (nSPS) is 20.0. The molecule has 2 fully saturated rings.